The minimum atomic E-state index is -1.16. The number of nitrogens with zero attached hydrogens (tertiary/aromatic N) is 1. The Labute approximate surface area is 141 Å². The summed E-state index contributed by atoms with van der Waals surface area (Å²) in [7, 11) is 0. The average Bonchev–Trinajstić information content (AvgIpc) is 2.54. The van der Waals surface area contributed by atoms with E-state index >= 15 is 0 Å². The standard InChI is InChI=1S/C15H11N3O5S/c19-13(10-6-2-4-8-12(10)18(22)23)17-15(24)16-11-7-3-1-5-9(11)14(20)21/h1-8H,(H,20,21)(H2,16,17,19,24). The van der Waals surface area contributed by atoms with Gasteiger partial charge in [-0.05, 0) is 30.4 Å². The van der Waals surface area contributed by atoms with Gasteiger partial charge >= 0.3 is 5.97 Å². The highest BCUT2D eigenvalue weighted by Crippen LogP contribution is 2.18. The van der Waals surface area contributed by atoms with Gasteiger partial charge in [-0.15, -0.1) is 0 Å². The maximum Gasteiger partial charge on any atom is 0.337 e. The summed E-state index contributed by atoms with van der Waals surface area (Å²) in [6, 6.07) is 11.4. The molecule has 2 rings (SSSR count). The maximum absolute atomic E-state index is 12.1. The molecule has 0 saturated carbocycles. The molecule has 0 atom stereocenters. The van der Waals surface area contributed by atoms with Gasteiger partial charge in [0.15, 0.2) is 5.11 Å². The Morgan fingerprint density at radius 3 is 2.25 bits per heavy atom. The summed E-state index contributed by atoms with van der Waals surface area (Å²) in [6.45, 7) is 0. The van der Waals surface area contributed by atoms with Gasteiger partial charge in [0.2, 0.25) is 0 Å². The molecule has 0 heterocycles. The molecule has 2 aromatic carbocycles. The van der Waals surface area contributed by atoms with Crippen molar-refractivity contribution >= 4 is 40.6 Å². The zero-order chi connectivity index (χ0) is 17.7. The average molecular weight is 345 g/mol. The zero-order valence-corrected chi connectivity index (χ0v) is 12.9. The van der Waals surface area contributed by atoms with Gasteiger partial charge in [0, 0.05) is 6.07 Å². The van der Waals surface area contributed by atoms with E-state index in [1.807, 2.05) is 0 Å². The Morgan fingerprint density at radius 2 is 1.62 bits per heavy atom. The second kappa shape index (κ2) is 7.29. The number of aromatic carboxylic acids is 1. The number of nitro groups is 1. The Kier molecular flexibility index (Phi) is 5.17. The first-order valence-corrected chi connectivity index (χ1v) is 6.99. The van der Waals surface area contributed by atoms with Crippen molar-refractivity contribution in [2.45, 2.75) is 0 Å². The van der Waals surface area contributed by atoms with Crippen LogP contribution in [-0.4, -0.2) is 27.0 Å². The number of thiocarbonyl (C=S) groups is 1. The number of carboxylic acid groups (broad SMARTS) is 1. The first-order chi connectivity index (χ1) is 11.4. The highest BCUT2D eigenvalue weighted by molar-refractivity contribution is 7.80. The Morgan fingerprint density at radius 1 is 1.04 bits per heavy atom. The van der Waals surface area contributed by atoms with Crippen molar-refractivity contribution in [2.24, 2.45) is 0 Å². The van der Waals surface area contributed by atoms with E-state index in [0.717, 1.165) is 0 Å². The molecule has 3 N–H and O–H groups in total. The van der Waals surface area contributed by atoms with Crippen LogP contribution in [0.4, 0.5) is 11.4 Å². The van der Waals surface area contributed by atoms with E-state index in [1.165, 1.54) is 36.4 Å². The minimum absolute atomic E-state index is 0.0280. The SMILES string of the molecule is O=C(O)c1ccccc1NC(=S)NC(=O)c1ccccc1[N+](=O)[O-]. The lowest BCUT2D eigenvalue weighted by Gasteiger charge is -2.11. The quantitative estimate of drug-likeness (QED) is 0.442. The number of carboxylic acids is 1. The largest absolute Gasteiger partial charge is 0.478 e. The molecule has 0 aliphatic heterocycles. The van der Waals surface area contributed by atoms with Gasteiger partial charge < -0.3 is 10.4 Å². The van der Waals surface area contributed by atoms with E-state index < -0.39 is 16.8 Å². The van der Waals surface area contributed by atoms with Crippen LogP contribution in [0.2, 0.25) is 0 Å². The highest BCUT2D eigenvalue weighted by atomic mass is 32.1. The topological polar surface area (TPSA) is 122 Å². The van der Waals surface area contributed by atoms with Gasteiger partial charge in [-0.3, -0.25) is 20.2 Å². The fraction of sp³-hybridized carbons (Fsp3) is 0. The molecule has 0 fully saturated rings. The van der Waals surface area contributed by atoms with E-state index in [4.69, 9.17) is 17.3 Å². The fourth-order valence-electron chi connectivity index (χ4n) is 1.93. The normalized spacial score (nSPS) is 9.83. The predicted octanol–water partition coefficient (Wildman–Crippen LogP) is 2.42. The van der Waals surface area contributed by atoms with Crippen molar-refractivity contribution in [1.82, 2.24) is 5.32 Å². The van der Waals surface area contributed by atoms with Crippen LogP contribution >= 0.6 is 12.2 Å². The van der Waals surface area contributed by atoms with Crippen LogP contribution in [0.25, 0.3) is 0 Å². The van der Waals surface area contributed by atoms with E-state index in [0.29, 0.717) is 0 Å². The molecule has 24 heavy (non-hydrogen) atoms. The molecule has 0 bridgehead atoms. The van der Waals surface area contributed by atoms with Crippen molar-refractivity contribution in [3.05, 3.63) is 69.8 Å². The highest BCUT2D eigenvalue weighted by Gasteiger charge is 2.20. The summed E-state index contributed by atoms with van der Waals surface area (Å²) in [5, 5.41) is 24.7. The Bertz CT molecular complexity index is 837. The number of carbonyl (C=O) groups excluding carboxylic acids is 1. The van der Waals surface area contributed by atoms with Crippen LogP contribution in [0, 0.1) is 10.1 Å². The van der Waals surface area contributed by atoms with Crippen LogP contribution in [0.5, 0.6) is 0 Å². The van der Waals surface area contributed by atoms with Gasteiger partial charge in [-0.1, -0.05) is 24.3 Å². The molecule has 2 aromatic rings. The lowest BCUT2D eigenvalue weighted by Crippen LogP contribution is -2.34. The summed E-state index contributed by atoms with van der Waals surface area (Å²) in [6.07, 6.45) is 0. The maximum atomic E-state index is 12.1. The molecule has 0 aromatic heterocycles. The number of hydrogen-bond acceptors (Lipinski definition) is 5. The van der Waals surface area contributed by atoms with Crippen LogP contribution < -0.4 is 10.6 Å². The third-order valence-electron chi connectivity index (χ3n) is 2.98. The summed E-state index contributed by atoms with van der Waals surface area (Å²) < 4.78 is 0. The van der Waals surface area contributed by atoms with Crippen LogP contribution in [0.3, 0.4) is 0 Å². The third kappa shape index (κ3) is 3.90. The molecular formula is C15H11N3O5S. The number of nitro benzene ring substituents is 1. The van der Waals surface area contributed by atoms with Crippen LogP contribution in [-0.2, 0) is 0 Å². The summed E-state index contributed by atoms with van der Waals surface area (Å²) in [4.78, 5) is 33.5. The van der Waals surface area contributed by atoms with E-state index in [1.54, 1.807) is 12.1 Å². The number of carbonyl (C=O) groups is 2. The molecule has 8 nitrogen and oxygen atoms in total. The number of rotatable bonds is 4. The molecule has 0 radical (unpaired) electrons. The van der Waals surface area contributed by atoms with Crippen molar-refractivity contribution in [1.29, 1.82) is 0 Å². The molecule has 0 aliphatic rings. The number of amides is 1. The van der Waals surface area contributed by atoms with Gasteiger partial charge in [-0.2, -0.15) is 0 Å². The third-order valence-corrected chi connectivity index (χ3v) is 3.18. The van der Waals surface area contributed by atoms with Crippen molar-refractivity contribution in [2.75, 3.05) is 5.32 Å². The van der Waals surface area contributed by atoms with Crippen LogP contribution in [0.15, 0.2) is 48.5 Å². The van der Waals surface area contributed by atoms with E-state index in [-0.39, 0.29) is 27.6 Å². The molecular weight excluding hydrogens is 334 g/mol. The fourth-order valence-corrected chi connectivity index (χ4v) is 2.13. The number of para-hydroxylation sites is 2. The van der Waals surface area contributed by atoms with Crippen molar-refractivity contribution in [3.63, 3.8) is 0 Å². The predicted molar refractivity (Wildman–Crippen MR) is 90.2 cm³/mol. The summed E-state index contributed by atoms with van der Waals surface area (Å²) >= 11 is 4.96. The number of hydrogen-bond donors (Lipinski definition) is 3. The van der Waals surface area contributed by atoms with Crippen LogP contribution in [0.1, 0.15) is 20.7 Å². The zero-order valence-electron chi connectivity index (χ0n) is 12.1. The van der Waals surface area contributed by atoms with Gasteiger partial charge in [0.25, 0.3) is 11.6 Å². The molecule has 1 amide bonds. The monoisotopic (exact) mass is 345 g/mol. The van der Waals surface area contributed by atoms with Gasteiger partial charge in [0.1, 0.15) is 5.56 Å². The van der Waals surface area contributed by atoms with Gasteiger partial charge in [0.05, 0.1) is 16.2 Å². The van der Waals surface area contributed by atoms with E-state index in [2.05, 4.69) is 10.6 Å². The first kappa shape index (κ1) is 17.0. The van der Waals surface area contributed by atoms with Gasteiger partial charge in [-0.25, -0.2) is 4.79 Å². The first-order valence-electron chi connectivity index (χ1n) is 6.58. The number of benzene rings is 2. The van der Waals surface area contributed by atoms with Crippen molar-refractivity contribution in [3.8, 4) is 0 Å². The Hall–Kier alpha value is -3.33. The minimum Gasteiger partial charge on any atom is -0.478 e. The number of nitrogens with one attached hydrogen (secondary N) is 2. The molecule has 122 valence electrons. The molecule has 0 spiro atoms. The summed E-state index contributed by atoms with van der Waals surface area (Å²) in [5.41, 5.74) is -0.348. The Balaban J connectivity index is 2.15. The molecule has 9 heteroatoms. The number of anilines is 1. The molecule has 0 unspecified atom stereocenters. The lowest BCUT2D eigenvalue weighted by molar-refractivity contribution is -0.385. The second-order valence-electron chi connectivity index (χ2n) is 4.53. The molecule has 0 saturated heterocycles. The van der Waals surface area contributed by atoms with Crippen molar-refractivity contribution < 1.29 is 19.6 Å². The van der Waals surface area contributed by atoms with E-state index in [9.17, 15) is 19.7 Å². The smallest absolute Gasteiger partial charge is 0.337 e. The molecule has 0 aliphatic carbocycles. The lowest BCUT2D eigenvalue weighted by atomic mass is 10.1. The second-order valence-corrected chi connectivity index (χ2v) is 4.94. The summed E-state index contributed by atoms with van der Waals surface area (Å²) in [5.74, 6) is -1.93.